The van der Waals surface area contributed by atoms with Crippen molar-refractivity contribution in [3.8, 4) is 0 Å². The van der Waals surface area contributed by atoms with Gasteiger partial charge in [0.25, 0.3) is 0 Å². The van der Waals surface area contributed by atoms with Crippen molar-refractivity contribution in [1.82, 2.24) is 10.6 Å². The van der Waals surface area contributed by atoms with Crippen LogP contribution in [0.3, 0.4) is 0 Å². The van der Waals surface area contributed by atoms with E-state index in [0.717, 1.165) is 37.8 Å². The summed E-state index contributed by atoms with van der Waals surface area (Å²) in [5.74, 6) is 0.391. The maximum Gasteiger partial charge on any atom is 0.407 e. The Bertz CT molecular complexity index is 639. The third kappa shape index (κ3) is 8.31. The molecule has 0 aliphatic heterocycles. The first-order chi connectivity index (χ1) is 13.7. The number of carbonyl (C=O) groups is 1. The Balaban J connectivity index is 1.79. The van der Waals surface area contributed by atoms with E-state index in [1.54, 1.807) is 12.1 Å². The maximum atomic E-state index is 13.5. The topological polar surface area (TPSA) is 59.6 Å². The van der Waals surface area contributed by atoms with Crippen LogP contribution in [-0.4, -0.2) is 44.0 Å². The standard InChI is InChI=1S/C23H37FN2O3/c1-16(26-22(27)29-23(2,3)4)19(14-25-5)15-28-21-11-9-17(10-12-21)18-7-6-8-20(24)13-18/h6-8,13,16-17,19,21,25H,9-12,14-15H2,1-5H3,(H,26,27). The summed E-state index contributed by atoms with van der Waals surface area (Å²) in [6.45, 7) is 8.86. The zero-order valence-corrected chi connectivity index (χ0v) is 18.5. The van der Waals surface area contributed by atoms with Crippen LogP contribution in [0.1, 0.15) is 64.9 Å². The van der Waals surface area contributed by atoms with Crippen molar-refractivity contribution < 1.29 is 18.7 Å². The molecular weight excluding hydrogens is 371 g/mol. The van der Waals surface area contributed by atoms with Crippen LogP contribution in [0.25, 0.3) is 0 Å². The molecule has 29 heavy (non-hydrogen) atoms. The molecule has 2 rings (SSSR count). The summed E-state index contributed by atoms with van der Waals surface area (Å²) in [6.07, 6.45) is 3.78. The lowest BCUT2D eigenvalue weighted by molar-refractivity contribution is -0.00224. The second-order valence-corrected chi connectivity index (χ2v) is 9.11. The Morgan fingerprint density at radius 3 is 2.52 bits per heavy atom. The molecule has 164 valence electrons. The van der Waals surface area contributed by atoms with Crippen LogP contribution >= 0.6 is 0 Å². The highest BCUT2D eigenvalue weighted by molar-refractivity contribution is 5.68. The number of nitrogens with one attached hydrogen (secondary N) is 2. The molecule has 1 aromatic rings. The lowest BCUT2D eigenvalue weighted by Gasteiger charge is -2.32. The summed E-state index contributed by atoms with van der Waals surface area (Å²) >= 11 is 0. The van der Waals surface area contributed by atoms with Gasteiger partial charge in [0.1, 0.15) is 11.4 Å². The van der Waals surface area contributed by atoms with Crippen LogP contribution in [-0.2, 0) is 9.47 Å². The van der Waals surface area contributed by atoms with Gasteiger partial charge in [-0.05, 0) is 84.0 Å². The van der Waals surface area contributed by atoms with Crippen LogP contribution in [0.15, 0.2) is 24.3 Å². The minimum absolute atomic E-state index is 0.0686. The molecule has 0 heterocycles. The Kier molecular flexibility index (Phi) is 8.90. The molecule has 1 aromatic carbocycles. The molecule has 1 aliphatic rings. The van der Waals surface area contributed by atoms with Gasteiger partial charge >= 0.3 is 6.09 Å². The minimum atomic E-state index is -0.515. The van der Waals surface area contributed by atoms with Crippen molar-refractivity contribution >= 4 is 6.09 Å². The monoisotopic (exact) mass is 408 g/mol. The molecule has 1 fully saturated rings. The number of benzene rings is 1. The third-order valence-electron chi connectivity index (χ3n) is 5.46. The molecule has 1 saturated carbocycles. The first kappa shape index (κ1) is 23.6. The first-order valence-corrected chi connectivity index (χ1v) is 10.7. The van der Waals surface area contributed by atoms with Gasteiger partial charge in [-0.3, -0.25) is 0 Å². The summed E-state index contributed by atoms with van der Waals surface area (Å²) in [5, 5.41) is 6.11. The van der Waals surface area contributed by atoms with E-state index < -0.39 is 11.7 Å². The van der Waals surface area contributed by atoms with Gasteiger partial charge in [-0.2, -0.15) is 0 Å². The van der Waals surface area contributed by atoms with Gasteiger partial charge in [-0.1, -0.05) is 12.1 Å². The molecule has 0 saturated heterocycles. The van der Waals surface area contributed by atoms with E-state index in [-0.39, 0.29) is 23.9 Å². The molecule has 0 radical (unpaired) electrons. The van der Waals surface area contributed by atoms with E-state index in [1.807, 2.05) is 40.8 Å². The SMILES string of the molecule is CNCC(COC1CCC(c2cccc(F)c2)CC1)C(C)NC(=O)OC(C)(C)C. The Hall–Kier alpha value is -1.66. The fraction of sp³-hybridized carbons (Fsp3) is 0.696. The summed E-state index contributed by atoms with van der Waals surface area (Å²) < 4.78 is 25.0. The molecule has 6 heteroatoms. The van der Waals surface area contributed by atoms with E-state index in [9.17, 15) is 9.18 Å². The van der Waals surface area contributed by atoms with Crippen LogP contribution < -0.4 is 10.6 Å². The van der Waals surface area contributed by atoms with Crippen molar-refractivity contribution in [3.63, 3.8) is 0 Å². The van der Waals surface area contributed by atoms with Crippen molar-refractivity contribution in [2.24, 2.45) is 5.92 Å². The highest BCUT2D eigenvalue weighted by Gasteiger charge is 2.26. The fourth-order valence-corrected chi connectivity index (χ4v) is 3.84. The molecule has 1 aliphatic carbocycles. The number of rotatable bonds is 8. The zero-order chi connectivity index (χ0) is 21.4. The van der Waals surface area contributed by atoms with Gasteiger partial charge in [-0.15, -0.1) is 0 Å². The van der Waals surface area contributed by atoms with Gasteiger partial charge in [0, 0.05) is 18.5 Å². The largest absolute Gasteiger partial charge is 0.444 e. The van der Waals surface area contributed by atoms with Crippen molar-refractivity contribution in [3.05, 3.63) is 35.6 Å². The van der Waals surface area contributed by atoms with Crippen LogP contribution in [0.5, 0.6) is 0 Å². The van der Waals surface area contributed by atoms with Crippen molar-refractivity contribution in [2.45, 2.75) is 77.0 Å². The minimum Gasteiger partial charge on any atom is -0.444 e. The number of alkyl carbamates (subject to hydrolysis) is 1. The van der Waals surface area contributed by atoms with Gasteiger partial charge < -0.3 is 20.1 Å². The first-order valence-electron chi connectivity index (χ1n) is 10.7. The highest BCUT2D eigenvalue weighted by Crippen LogP contribution is 2.34. The second kappa shape index (κ2) is 10.9. The zero-order valence-electron chi connectivity index (χ0n) is 18.5. The van der Waals surface area contributed by atoms with Crippen LogP contribution in [0.4, 0.5) is 9.18 Å². The van der Waals surface area contributed by atoms with Gasteiger partial charge in [-0.25, -0.2) is 9.18 Å². The van der Waals surface area contributed by atoms with Gasteiger partial charge in [0.2, 0.25) is 0 Å². The second-order valence-electron chi connectivity index (χ2n) is 9.11. The molecule has 0 bridgehead atoms. The fourth-order valence-electron chi connectivity index (χ4n) is 3.84. The Morgan fingerprint density at radius 2 is 1.93 bits per heavy atom. The van der Waals surface area contributed by atoms with E-state index in [4.69, 9.17) is 9.47 Å². The third-order valence-corrected chi connectivity index (χ3v) is 5.46. The van der Waals surface area contributed by atoms with Crippen LogP contribution in [0, 0.1) is 11.7 Å². The predicted molar refractivity (Wildman–Crippen MR) is 114 cm³/mol. The van der Waals surface area contributed by atoms with Gasteiger partial charge in [0.05, 0.1) is 12.7 Å². The van der Waals surface area contributed by atoms with Gasteiger partial charge in [0.15, 0.2) is 0 Å². The molecule has 1 amide bonds. The quantitative estimate of drug-likeness (QED) is 0.659. The number of amides is 1. The maximum absolute atomic E-state index is 13.5. The molecule has 5 nitrogen and oxygen atoms in total. The lowest BCUT2D eigenvalue weighted by atomic mass is 9.82. The smallest absolute Gasteiger partial charge is 0.407 e. The number of hydrogen-bond donors (Lipinski definition) is 2. The number of halogens is 1. The number of hydrogen-bond acceptors (Lipinski definition) is 4. The van der Waals surface area contributed by atoms with Crippen molar-refractivity contribution in [2.75, 3.05) is 20.2 Å². The summed E-state index contributed by atoms with van der Waals surface area (Å²) in [5.41, 5.74) is 0.575. The Morgan fingerprint density at radius 1 is 1.24 bits per heavy atom. The molecule has 2 N–H and O–H groups in total. The average Bonchev–Trinajstić information content (AvgIpc) is 2.64. The van der Waals surface area contributed by atoms with E-state index in [2.05, 4.69) is 10.6 Å². The molecule has 0 aromatic heterocycles. The lowest BCUT2D eigenvalue weighted by Crippen LogP contribution is -2.45. The summed E-state index contributed by atoms with van der Waals surface area (Å²) in [4.78, 5) is 12.1. The van der Waals surface area contributed by atoms with Crippen molar-refractivity contribution in [1.29, 1.82) is 0 Å². The number of ether oxygens (including phenoxy) is 2. The predicted octanol–water partition coefficient (Wildman–Crippen LogP) is 4.62. The number of carbonyl (C=O) groups excluding carboxylic acids is 1. The molecule has 2 unspecified atom stereocenters. The van der Waals surface area contributed by atoms with E-state index >= 15 is 0 Å². The average molecular weight is 409 g/mol. The Labute approximate surface area is 174 Å². The van der Waals surface area contributed by atoms with Crippen LogP contribution in [0.2, 0.25) is 0 Å². The van der Waals surface area contributed by atoms with E-state index in [1.165, 1.54) is 6.07 Å². The highest BCUT2D eigenvalue weighted by atomic mass is 19.1. The normalized spacial score (nSPS) is 22.0. The van der Waals surface area contributed by atoms with E-state index in [0.29, 0.717) is 12.5 Å². The summed E-state index contributed by atoms with van der Waals surface area (Å²) in [6, 6.07) is 6.88. The molecule has 2 atom stereocenters. The molecular formula is C23H37FN2O3. The molecule has 0 spiro atoms. The summed E-state index contributed by atoms with van der Waals surface area (Å²) in [7, 11) is 1.90.